The molecule has 3 aliphatic rings. The third-order valence-electron chi connectivity index (χ3n) is 5.15. The molecular formula is C13H18N4O. The van der Waals surface area contributed by atoms with E-state index in [4.69, 9.17) is 0 Å². The molecule has 1 unspecified atom stereocenters. The van der Waals surface area contributed by atoms with E-state index in [1.54, 1.807) is 10.9 Å². The summed E-state index contributed by atoms with van der Waals surface area (Å²) in [6.07, 6.45) is 7.62. The third-order valence-corrected chi connectivity index (χ3v) is 5.15. The van der Waals surface area contributed by atoms with E-state index in [0.29, 0.717) is 19.0 Å². The van der Waals surface area contributed by atoms with Gasteiger partial charge in [0.05, 0.1) is 12.7 Å². The highest BCUT2D eigenvalue weighted by Gasteiger charge is 2.67. The van der Waals surface area contributed by atoms with Crippen molar-refractivity contribution >= 4 is 5.91 Å². The van der Waals surface area contributed by atoms with Crippen molar-refractivity contribution in [2.45, 2.75) is 25.8 Å². The Morgan fingerprint density at radius 1 is 1.33 bits per heavy atom. The van der Waals surface area contributed by atoms with E-state index in [-0.39, 0.29) is 5.91 Å². The molecule has 5 heteroatoms. The lowest BCUT2D eigenvalue weighted by atomic mass is 10.0. The molecule has 4 rings (SSSR count). The van der Waals surface area contributed by atoms with Crippen LogP contribution in [0.15, 0.2) is 12.4 Å². The van der Waals surface area contributed by atoms with E-state index in [1.807, 2.05) is 6.20 Å². The fourth-order valence-corrected chi connectivity index (χ4v) is 4.44. The molecule has 1 aromatic rings. The minimum absolute atomic E-state index is 0.279. The summed E-state index contributed by atoms with van der Waals surface area (Å²) in [5.41, 5.74) is 0. The molecule has 1 aromatic heterocycles. The van der Waals surface area contributed by atoms with E-state index in [1.165, 1.54) is 19.3 Å². The van der Waals surface area contributed by atoms with E-state index in [0.717, 1.165) is 23.7 Å². The zero-order valence-corrected chi connectivity index (χ0v) is 10.3. The highest BCUT2D eigenvalue weighted by atomic mass is 16.2. The number of amides is 1. The number of hydrogen-bond donors (Lipinski definition) is 1. The van der Waals surface area contributed by atoms with Gasteiger partial charge in [0.1, 0.15) is 0 Å². The predicted octanol–water partition coefficient (Wildman–Crippen LogP) is 0.686. The Hall–Kier alpha value is -1.39. The monoisotopic (exact) mass is 246 g/mol. The van der Waals surface area contributed by atoms with Crippen LogP contribution in [-0.2, 0) is 11.3 Å². The number of carbonyl (C=O) groups excluding carboxylic acids is 1. The van der Waals surface area contributed by atoms with Gasteiger partial charge in [0.2, 0.25) is 5.91 Å². The van der Waals surface area contributed by atoms with Crippen molar-refractivity contribution in [2.75, 3.05) is 6.54 Å². The molecule has 0 radical (unpaired) electrons. The molecule has 5 atom stereocenters. The molecule has 5 nitrogen and oxygen atoms in total. The number of aromatic nitrogens is 3. The van der Waals surface area contributed by atoms with Crippen LogP contribution in [-0.4, -0.2) is 27.4 Å². The minimum atomic E-state index is 0.279. The number of hydrogen-bond acceptors (Lipinski definition) is 3. The summed E-state index contributed by atoms with van der Waals surface area (Å²) in [5, 5.41) is 10.7. The van der Waals surface area contributed by atoms with Crippen LogP contribution >= 0.6 is 0 Å². The lowest BCUT2D eigenvalue weighted by molar-refractivity contribution is -0.123. The number of fused-ring (bicyclic) bond motifs is 5. The van der Waals surface area contributed by atoms with Crippen molar-refractivity contribution in [1.82, 2.24) is 20.3 Å². The molecule has 96 valence electrons. The Morgan fingerprint density at radius 3 is 2.78 bits per heavy atom. The summed E-state index contributed by atoms with van der Waals surface area (Å²) >= 11 is 0. The zero-order chi connectivity index (χ0) is 12.1. The number of rotatable bonds is 4. The fourth-order valence-electron chi connectivity index (χ4n) is 4.44. The van der Waals surface area contributed by atoms with Crippen molar-refractivity contribution < 1.29 is 4.79 Å². The lowest BCUT2D eigenvalue weighted by Crippen LogP contribution is -2.30. The Morgan fingerprint density at radius 2 is 2.11 bits per heavy atom. The van der Waals surface area contributed by atoms with Crippen molar-refractivity contribution in [3.8, 4) is 0 Å². The van der Waals surface area contributed by atoms with Crippen LogP contribution in [0.2, 0.25) is 0 Å². The molecule has 0 aliphatic heterocycles. The van der Waals surface area contributed by atoms with Crippen LogP contribution in [0.25, 0.3) is 0 Å². The molecule has 18 heavy (non-hydrogen) atoms. The Balaban J connectivity index is 1.28. The molecule has 3 fully saturated rings. The Labute approximate surface area is 106 Å². The molecule has 3 saturated carbocycles. The van der Waals surface area contributed by atoms with Gasteiger partial charge in [-0.15, -0.1) is 5.10 Å². The maximum atomic E-state index is 12.1. The first-order chi connectivity index (χ1) is 8.84. The van der Waals surface area contributed by atoms with Gasteiger partial charge >= 0.3 is 0 Å². The summed E-state index contributed by atoms with van der Waals surface area (Å²) in [7, 11) is 0. The fraction of sp³-hybridized carbons (Fsp3) is 0.769. The predicted molar refractivity (Wildman–Crippen MR) is 64.3 cm³/mol. The first kappa shape index (κ1) is 10.5. The summed E-state index contributed by atoms with van der Waals surface area (Å²) in [6.45, 7) is 1.37. The summed E-state index contributed by atoms with van der Waals surface area (Å²) < 4.78 is 1.75. The highest BCUT2D eigenvalue weighted by molar-refractivity contribution is 5.82. The van der Waals surface area contributed by atoms with E-state index in [9.17, 15) is 4.79 Å². The largest absolute Gasteiger partial charge is 0.354 e. The SMILES string of the molecule is O=C(NCCn1ccnn1)C1[C@@H]2[C@H]3CC[C@H](C3)[C@H]12. The van der Waals surface area contributed by atoms with Gasteiger partial charge in [-0.25, -0.2) is 0 Å². The van der Waals surface area contributed by atoms with Gasteiger partial charge in [0, 0.05) is 18.7 Å². The quantitative estimate of drug-likeness (QED) is 0.850. The van der Waals surface area contributed by atoms with Crippen molar-refractivity contribution in [2.24, 2.45) is 29.6 Å². The van der Waals surface area contributed by atoms with Crippen LogP contribution < -0.4 is 5.32 Å². The van der Waals surface area contributed by atoms with Gasteiger partial charge in [-0.1, -0.05) is 5.21 Å². The van der Waals surface area contributed by atoms with Gasteiger partial charge in [-0.05, 0) is 42.9 Å². The Bertz CT molecular complexity index is 442. The molecule has 2 bridgehead atoms. The van der Waals surface area contributed by atoms with Crippen molar-refractivity contribution in [3.63, 3.8) is 0 Å². The van der Waals surface area contributed by atoms with E-state index in [2.05, 4.69) is 15.6 Å². The third kappa shape index (κ3) is 1.49. The maximum absolute atomic E-state index is 12.1. The molecule has 3 aliphatic carbocycles. The summed E-state index contributed by atoms with van der Waals surface area (Å²) in [5.74, 6) is 3.82. The van der Waals surface area contributed by atoms with Crippen molar-refractivity contribution in [1.29, 1.82) is 0 Å². The summed E-state index contributed by atoms with van der Waals surface area (Å²) in [4.78, 5) is 12.1. The second kappa shape index (κ2) is 3.80. The lowest BCUT2D eigenvalue weighted by Gasteiger charge is -2.09. The molecule has 0 aromatic carbocycles. The first-order valence-electron chi connectivity index (χ1n) is 6.96. The van der Waals surface area contributed by atoms with Crippen molar-refractivity contribution in [3.05, 3.63) is 12.4 Å². The number of carbonyl (C=O) groups is 1. The molecule has 1 heterocycles. The van der Waals surface area contributed by atoms with E-state index >= 15 is 0 Å². The normalized spacial score (nSPS) is 39.7. The summed E-state index contributed by atoms with van der Waals surface area (Å²) in [6, 6.07) is 0. The second-order valence-corrected chi connectivity index (χ2v) is 5.97. The number of nitrogens with one attached hydrogen (secondary N) is 1. The maximum Gasteiger partial charge on any atom is 0.223 e. The van der Waals surface area contributed by atoms with Crippen LogP contribution in [0.1, 0.15) is 19.3 Å². The molecule has 0 spiro atoms. The van der Waals surface area contributed by atoms with Crippen LogP contribution in [0.3, 0.4) is 0 Å². The van der Waals surface area contributed by atoms with Gasteiger partial charge < -0.3 is 5.32 Å². The molecule has 1 N–H and O–H groups in total. The standard InChI is InChI=1S/C13H18N4O/c18-13(14-3-5-17-6-4-15-16-17)12-10-8-1-2-9(7-8)11(10)12/h4,6,8-12H,1-3,5,7H2,(H,14,18)/t8-,9+,10+,11-,12?. The first-order valence-corrected chi connectivity index (χ1v) is 6.96. The van der Waals surface area contributed by atoms with Gasteiger partial charge in [-0.3, -0.25) is 9.48 Å². The second-order valence-electron chi connectivity index (χ2n) is 5.97. The average Bonchev–Trinajstić information content (AvgIpc) is 2.80. The van der Waals surface area contributed by atoms with Crippen LogP contribution in [0, 0.1) is 29.6 Å². The zero-order valence-electron chi connectivity index (χ0n) is 10.3. The Kier molecular flexibility index (Phi) is 2.22. The van der Waals surface area contributed by atoms with Gasteiger partial charge in [0.15, 0.2) is 0 Å². The van der Waals surface area contributed by atoms with Crippen LogP contribution in [0.4, 0.5) is 0 Å². The number of nitrogens with zero attached hydrogens (tertiary/aromatic N) is 3. The topological polar surface area (TPSA) is 59.8 Å². The molecular weight excluding hydrogens is 228 g/mol. The highest BCUT2D eigenvalue weighted by Crippen LogP contribution is 2.69. The molecule has 1 amide bonds. The van der Waals surface area contributed by atoms with Gasteiger partial charge in [0.25, 0.3) is 0 Å². The van der Waals surface area contributed by atoms with Crippen LogP contribution in [0.5, 0.6) is 0 Å². The molecule has 0 saturated heterocycles. The average molecular weight is 246 g/mol. The minimum Gasteiger partial charge on any atom is -0.354 e. The van der Waals surface area contributed by atoms with E-state index < -0.39 is 0 Å². The van der Waals surface area contributed by atoms with Gasteiger partial charge in [-0.2, -0.15) is 0 Å². The smallest absolute Gasteiger partial charge is 0.223 e.